The molecule has 0 bridgehead atoms. The Bertz CT molecular complexity index is 1130. The van der Waals surface area contributed by atoms with Crippen LogP contribution in [0.15, 0.2) is 71.1 Å². The van der Waals surface area contributed by atoms with Crippen molar-refractivity contribution < 1.29 is 18.7 Å². The number of hydrogen-bond donors (Lipinski definition) is 2. The Labute approximate surface area is 186 Å². The van der Waals surface area contributed by atoms with E-state index in [9.17, 15) is 9.59 Å². The predicted molar refractivity (Wildman–Crippen MR) is 117 cm³/mol. The number of rotatable bonds is 9. The molecule has 1 atom stereocenters. The lowest BCUT2D eigenvalue weighted by atomic mass is 10.1. The van der Waals surface area contributed by atoms with Crippen LogP contribution in [0.3, 0.4) is 0 Å². The number of nitrogens with zero attached hydrogens (tertiary/aromatic N) is 1. The first kappa shape index (κ1) is 21.2. The molecule has 1 aliphatic rings. The van der Waals surface area contributed by atoms with E-state index in [2.05, 4.69) is 16.7 Å². The molecule has 0 saturated heterocycles. The summed E-state index contributed by atoms with van der Waals surface area (Å²) < 4.78 is 11.3. The quantitative estimate of drug-likeness (QED) is 0.543. The maximum atomic E-state index is 12.8. The summed E-state index contributed by atoms with van der Waals surface area (Å²) in [6, 6.07) is 21.2. The van der Waals surface area contributed by atoms with Crippen molar-refractivity contribution in [3.05, 3.63) is 89.4 Å². The second-order valence-electron chi connectivity index (χ2n) is 7.66. The van der Waals surface area contributed by atoms with Gasteiger partial charge >= 0.3 is 0 Å². The van der Waals surface area contributed by atoms with Gasteiger partial charge in [-0.1, -0.05) is 42.5 Å². The van der Waals surface area contributed by atoms with E-state index in [1.807, 2.05) is 30.3 Å². The largest absolute Gasteiger partial charge is 0.484 e. The molecule has 7 heteroatoms. The zero-order valence-corrected chi connectivity index (χ0v) is 17.4. The van der Waals surface area contributed by atoms with Crippen molar-refractivity contribution in [3.63, 3.8) is 0 Å². The van der Waals surface area contributed by atoms with Crippen molar-refractivity contribution in [2.24, 2.45) is 0 Å². The number of ether oxygens (including phenoxy) is 1. The fourth-order valence-corrected chi connectivity index (χ4v) is 3.23. The van der Waals surface area contributed by atoms with Gasteiger partial charge in [0, 0.05) is 12.5 Å². The summed E-state index contributed by atoms with van der Waals surface area (Å²) in [7, 11) is 0. The van der Waals surface area contributed by atoms with Gasteiger partial charge in [0.1, 0.15) is 30.2 Å². The highest BCUT2D eigenvalue weighted by Crippen LogP contribution is 2.20. The molecule has 162 valence electrons. The Morgan fingerprint density at radius 1 is 1.06 bits per heavy atom. The standard InChI is InChI=1S/C25H23N3O4/c26-15-18-8-4-5-9-22(18)31-16-20-12-13-23(32-20)25(30)28-21(24(29)27-19-10-11-19)14-17-6-2-1-3-7-17/h1-9,12-13,19,21H,10-11,14,16H2,(H,27,29)(H,28,30). The van der Waals surface area contributed by atoms with Crippen LogP contribution < -0.4 is 15.4 Å². The van der Waals surface area contributed by atoms with E-state index in [0.717, 1.165) is 18.4 Å². The Morgan fingerprint density at radius 3 is 2.56 bits per heavy atom. The van der Waals surface area contributed by atoms with Crippen LogP contribution in [-0.2, 0) is 17.8 Å². The van der Waals surface area contributed by atoms with Crippen molar-refractivity contribution in [1.29, 1.82) is 5.26 Å². The maximum absolute atomic E-state index is 12.8. The summed E-state index contributed by atoms with van der Waals surface area (Å²) in [5.41, 5.74) is 1.37. The second kappa shape index (κ2) is 9.84. The minimum Gasteiger partial charge on any atom is -0.484 e. The first-order chi connectivity index (χ1) is 15.6. The first-order valence-electron chi connectivity index (χ1n) is 10.5. The fourth-order valence-electron chi connectivity index (χ4n) is 3.23. The van der Waals surface area contributed by atoms with Crippen LogP contribution >= 0.6 is 0 Å². The molecule has 4 rings (SSSR count). The third kappa shape index (κ3) is 5.55. The molecule has 1 fully saturated rings. The number of para-hydroxylation sites is 1. The van der Waals surface area contributed by atoms with E-state index in [0.29, 0.717) is 23.5 Å². The lowest BCUT2D eigenvalue weighted by Crippen LogP contribution is -2.48. The lowest BCUT2D eigenvalue weighted by Gasteiger charge is -2.18. The summed E-state index contributed by atoms with van der Waals surface area (Å²) >= 11 is 0. The van der Waals surface area contributed by atoms with Gasteiger partial charge in [-0.15, -0.1) is 0 Å². The van der Waals surface area contributed by atoms with Crippen LogP contribution in [0.4, 0.5) is 0 Å². The van der Waals surface area contributed by atoms with Gasteiger partial charge in [0.15, 0.2) is 5.76 Å². The molecular formula is C25H23N3O4. The lowest BCUT2D eigenvalue weighted by molar-refractivity contribution is -0.123. The molecule has 1 aromatic heterocycles. The van der Waals surface area contributed by atoms with E-state index in [1.54, 1.807) is 36.4 Å². The van der Waals surface area contributed by atoms with Gasteiger partial charge in [0.25, 0.3) is 5.91 Å². The summed E-state index contributed by atoms with van der Waals surface area (Å²) in [6.07, 6.45) is 2.31. The molecule has 1 unspecified atom stereocenters. The highest BCUT2D eigenvalue weighted by molar-refractivity contribution is 5.95. The van der Waals surface area contributed by atoms with Crippen LogP contribution in [0.2, 0.25) is 0 Å². The van der Waals surface area contributed by atoms with Gasteiger partial charge < -0.3 is 19.8 Å². The minimum atomic E-state index is -0.710. The summed E-state index contributed by atoms with van der Waals surface area (Å²) in [5.74, 6) is 0.296. The van der Waals surface area contributed by atoms with Gasteiger partial charge in [-0.25, -0.2) is 0 Å². The molecule has 1 heterocycles. The van der Waals surface area contributed by atoms with Crippen LogP contribution in [0.5, 0.6) is 5.75 Å². The molecule has 7 nitrogen and oxygen atoms in total. The van der Waals surface area contributed by atoms with Crippen molar-refractivity contribution in [3.8, 4) is 11.8 Å². The smallest absolute Gasteiger partial charge is 0.287 e. The molecule has 32 heavy (non-hydrogen) atoms. The van der Waals surface area contributed by atoms with Crippen LogP contribution in [-0.4, -0.2) is 23.9 Å². The number of nitriles is 1. The topological polar surface area (TPSA) is 104 Å². The van der Waals surface area contributed by atoms with Gasteiger partial charge in [-0.2, -0.15) is 5.26 Å². The number of amides is 2. The van der Waals surface area contributed by atoms with Crippen LogP contribution in [0.25, 0.3) is 0 Å². The summed E-state index contributed by atoms with van der Waals surface area (Å²) in [6.45, 7) is 0.0710. The molecule has 2 amide bonds. The normalized spacial score (nSPS) is 13.6. The van der Waals surface area contributed by atoms with Gasteiger partial charge in [-0.3, -0.25) is 9.59 Å². The number of carbonyl (C=O) groups excluding carboxylic acids is 2. The molecule has 0 spiro atoms. The molecule has 0 aliphatic heterocycles. The number of furan rings is 1. The van der Waals surface area contributed by atoms with Crippen molar-refractivity contribution >= 4 is 11.8 Å². The Kier molecular flexibility index (Phi) is 6.52. The third-order valence-corrected chi connectivity index (χ3v) is 5.09. The highest BCUT2D eigenvalue weighted by atomic mass is 16.5. The monoisotopic (exact) mass is 429 g/mol. The van der Waals surface area contributed by atoms with E-state index in [1.165, 1.54) is 0 Å². The van der Waals surface area contributed by atoms with Gasteiger partial charge in [0.05, 0.1) is 5.56 Å². The number of nitrogens with one attached hydrogen (secondary N) is 2. The van der Waals surface area contributed by atoms with Crippen molar-refractivity contribution in [2.75, 3.05) is 0 Å². The predicted octanol–water partition coefficient (Wildman–Crippen LogP) is 3.35. The van der Waals surface area contributed by atoms with Gasteiger partial charge in [-0.05, 0) is 42.7 Å². The fraction of sp³-hybridized carbons (Fsp3) is 0.240. The van der Waals surface area contributed by atoms with Gasteiger partial charge in [0.2, 0.25) is 5.91 Å². The zero-order valence-electron chi connectivity index (χ0n) is 17.4. The average molecular weight is 429 g/mol. The highest BCUT2D eigenvalue weighted by Gasteiger charge is 2.29. The third-order valence-electron chi connectivity index (χ3n) is 5.09. The Hall–Kier alpha value is -4.05. The van der Waals surface area contributed by atoms with Crippen molar-refractivity contribution in [1.82, 2.24) is 10.6 Å². The Morgan fingerprint density at radius 2 is 1.81 bits per heavy atom. The maximum Gasteiger partial charge on any atom is 0.287 e. The first-order valence-corrected chi connectivity index (χ1v) is 10.5. The number of carbonyl (C=O) groups is 2. The zero-order chi connectivity index (χ0) is 22.3. The molecule has 1 saturated carbocycles. The van der Waals surface area contributed by atoms with E-state index in [-0.39, 0.29) is 24.3 Å². The van der Waals surface area contributed by atoms with Crippen LogP contribution in [0, 0.1) is 11.3 Å². The van der Waals surface area contributed by atoms with E-state index >= 15 is 0 Å². The summed E-state index contributed by atoms with van der Waals surface area (Å²) in [5, 5.41) is 14.9. The Balaban J connectivity index is 1.40. The van der Waals surface area contributed by atoms with Crippen LogP contribution in [0.1, 0.15) is 40.3 Å². The minimum absolute atomic E-state index is 0.0710. The second-order valence-corrected chi connectivity index (χ2v) is 7.66. The van der Waals surface area contributed by atoms with E-state index < -0.39 is 11.9 Å². The summed E-state index contributed by atoms with van der Waals surface area (Å²) in [4.78, 5) is 25.5. The average Bonchev–Trinajstić information content (AvgIpc) is 3.50. The molecule has 3 aromatic rings. The number of hydrogen-bond acceptors (Lipinski definition) is 5. The van der Waals surface area contributed by atoms with Crippen molar-refractivity contribution in [2.45, 2.75) is 38.0 Å². The molecule has 1 aliphatic carbocycles. The molecule has 2 aromatic carbocycles. The molecular weight excluding hydrogens is 406 g/mol. The number of benzene rings is 2. The molecule has 0 radical (unpaired) electrons. The SMILES string of the molecule is N#Cc1ccccc1OCc1ccc(C(=O)NC(Cc2ccccc2)C(=O)NC2CC2)o1. The molecule has 2 N–H and O–H groups in total. The van der Waals surface area contributed by atoms with E-state index in [4.69, 9.17) is 14.4 Å².